The van der Waals surface area contributed by atoms with Gasteiger partial charge in [-0.1, -0.05) is 36.4 Å². The minimum Gasteiger partial charge on any atom is -0.480 e. The highest BCUT2D eigenvalue weighted by Crippen LogP contribution is 2.41. The van der Waals surface area contributed by atoms with Gasteiger partial charge in [-0.2, -0.15) is 0 Å². The SMILES string of the molecule is CCNC(=O)Nc1ncnc2c1ncn2C1OC(CN(C)CC(=O)O)C2O[C@H](/C=C/c3ccccc3)OC21. The first kappa shape index (κ1) is 25.7. The van der Waals surface area contributed by atoms with E-state index in [4.69, 9.17) is 14.2 Å². The van der Waals surface area contributed by atoms with Crippen LogP contribution in [0, 0.1) is 0 Å². The molecule has 0 saturated carbocycles. The topological polar surface area (TPSA) is 153 Å². The number of hydrogen-bond donors (Lipinski definition) is 3. The van der Waals surface area contributed by atoms with Crippen LogP contribution in [0.2, 0.25) is 0 Å². The van der Waals surface area contributed by atoms with Crippen molar-refractivity contribution >= 4 is 35.1 Å². The first-order valence-corrected chi connectivity index (χ1v) is 12.2. The summed E-state index contributed by atoms with van der Waals surface area (Å²) in [7, 11) is 1.71. The molecule has 1 aromatic carbocycles. The van der Waals surface area contributed by atoms with E-state index in [0.29, 0.717) is 24.3 Å². The molecule has 0 radical (unpaired) electrons. The van der Waals surface area contributed by atoms with Crippen LogP contribution in [0.1, 0.15) is 18.7 Å². The number of aromatic nitrogens is 4. The number of ether oxygens (including phenoxy) is 3. The van der Waals surface area contributed by atoms with Gasteiger partial charge in [0.05, 0.1) is 12.9 Å². The summed E-state index contributed by atoms with van der Waals surface area (Å²) in [5, 5.41) is 14.5. The van der Waals surface area contributed by atoms with Crippen molar-refractivity contribution in [3.05, 3.63) is 54.6 Å². The van der Waals surface area contributed by atoms with Crippen molar-refractivity contribution < 1.29 is 28.9 Å². The third-order valence-electron chi connectivity index (χ3n) is 6.21. The molecule has 0 bridgehead atoms. The van der Waals surface area contributed by atoms with E-state index >= 15 is 0 Å². The lowest BCUT2D eigenvalue weighted by Gasteiger charge is -2.23. The van der Waals surface area contributed by atoms with E-state index in [9.17, 15) is 14.7 Å². The zero-order valence-corrected chi connectivity index (χ0v) is 20.9. The molecular weight excluding hydrogens is 494 g/mol. The maximum Gasteiger partial charge on any atom is 0.320 e. The number of carboxylic acid groups (broad SMARTS) is 1. The standard InChI is InChI=1S/C25H29N7O6/c1-3-26-25(35)30-22-19-23(28-13-27-22)32(14-29-19)24-21-20(16(36-24)11-31(2)12-17(33)34)37-18(38-21)10-9-15-7-5-4-6-8-15/h4-10,13-14,16,18,20-21,24H,3,11-12H2,1-2H3,(H,33,34)(H2,26,27,28,30,35)/b10-9+/t16?,18-,20?,21?,24?/m0/s1. The number of carboxylic acids is 1. The molecule has 2 amide bonds. The van der Waals surface area contributed by atoms with E-state index in [1.54, 1.807) is 22.8 Å². The van der Waals surface area contributed by atoms with Crippen molar-refractivity contribution in [2.45, 2.75) is 37.8 Å². The Morgan fingerprint density at radius 1 is 1.13 bits per heavy atom. The van der Waals surface area contributed by atoms with Crippen LogP contribution < -0.4 is 10.6 Å². The third kappa shape index (κ3) is 5.50. The Morgan fingerprint density at radius 3 is 2.68 bits per heavy atom. The molecule has 2 aromatic heterocycles. The van der Waals surface area contributed by atoms with Crippen LogP contribution in [0.4, 0.5) is 10.6 Å². The van der Waals surface area contributed by atoms with Crippen LogP contribution in [0.5, 0.6) is 0 Å². The second-order valence-electron chi connectivity index (χ2n) is 9.03. The molecule has 2 saturated heterocycles. The molecule has 13 nitrogen and oxygen atoms in total. The number of imidazole rings is 1. The molecule has 13 heteroatoms. The number of likely N-dealkylation sites (N-methyl/N-ethyl adjacent to an activating group) is 1. The highest BCUT2D eigenvalue weighted by molar-refractivity contribution is 5.95. The largest absolute Gasteiger partial charge is 0.480 e. The number of amides is 2. The monoisotopic (exact) mass is 523 g/mol. The summed E-state index contributed by atoms with van der Waals surface area (Å²) in [5.41, 5.74) is 1.85. The number of nitrogens with one attached hydrogen (secondary N) is 2. The Hall–Kier alpha value is -3.91. The summed E-state index contributed by atoms with van der Waals surface area (Å²) in [6, 6.07) is 9.40. The van der Waals surface area contributed by atoms with Gasteiger partial charge in [0, 0.05) is 13.1 Å². The summed E-state index contributed by atoms with van der Waals surface area (Å²) in [6.07, 6.45) is 3.92. The maximum absolute atomic E-state index is 12.1. The lowest BCUT2D eigenvalue weighted by atomic mass is 10.1. The van der Waals surface area contributed by atoms with Crippen LogP contribution in [0.25, 0.3) is 17.2 Å². The Balaban J connectivity index is 1.41. The van der Waals surface area contributed by atoms with Crippen LogP contribution >= 0.6 is 0 Å². The van der Waals surface area contributed by atoms with Crippen molar-refractivity contribution in [3.8, 4) is 0 Å². The van der Waals surface area contributed by atoms with E-state index in [1.165, 1.54) is 6.33 Å². The van der Waals surface area contributed by atoms with Crippen LogP contribution in [0.3, 0.4) is 0 Å². The van der Waals surface area contributed by atoms with Gasteiger partial charge in [-0.25, -0.2) is 19.7 Å². The number of hydrogen-bond acceptors (Lipinski definition) is 9. The predicted molar refractivity (Wildman–Crippen MR) is 136 cm³/mol. The molecule has 3 N–H and O–H groups in total. The highest BCUT2D eigenvalue weighted by Gasteiger charge is 2.53. The minimum atomic E-state index is -0.935. The third-order valence-corrected chi connectivity index (χ3v) is 6.21. The molecule has 2 aliphatic rings. The molecular formula is C25H29N7O6. The zero-order valence-electron chi connectivity index (χ0n) is 20.9. The molecule has 2 fully saturated rings. The number of carbonyl (C=O) groups is 2. The first-order chi connectivity index (χ1) is 18.4. The number of carbonyl (C=O) groups excluding carboxylic acids is 1. The Kier molecular flexibility index (Phi) is 7.60. The molecule has 4 heterocycles. The van der Waals surface area contributed by atoms with Crippen molar-refractivity contribution in [3.63, 3.8) is 0 Å². The van der Waals surface area contributed by atoms with Crippen LogP contribution in [0.15, 0.2) is 49.1 Å². The van der Waals surface area contributed by atoms with Gasteiger partial charge in [-0.15, -0.1) is 0 Å². The lowest BCUT2D eigenvalue weighted by Crippen LogP contribution is -2.39. The van der Waals surface area contributed by atoms with E-state index < -0.39 is 42.8 Å². The molecule has 5 rings (SSSR count). The van der Waals surface area contributed by atoms with Gasteiger partial charge in [-0.3, -0.25) is 19.6 Å². The predicted octanol–water partition coefficient (Wildman–Crippen LogP) is 1.71. The molecule has 4 unspecified atom stereocenters. The van der Waals surface area contributed by atoms with Crippen molar-refractivity contribution in [2.24, 2.45) is 0 Å². The van der Waals surface area contributed by atoms with Gasteiger partial charge in [0.25, 0.3) is 0 Å². The Bertz CT molecular complexity index is 1320. The smallest absolute Gasteiger partial charge is 0.320 e. The van der Waals surface area contributed by atoms with E-state index in [1.807, 2.05) is 49.4 Å². The molecule has 0 aliphatic carbocycles. The number of urea groups is 1. The van der Waals surface area contributed by atoms with Crippen LogP contribution in [-0.4, -0.2) is 92.8 Å². The summed E-state index contributed by atoms with van der Waals surface area (Å²) in [4.78, 5) is 37.9. The quantitative estimate of drug-likeness (QED) is 0.378. The molecule has 0 spiro atoms. The minimum absolute atomic E-state index is 0.143. The molecule has 5 atom stereocenters. The van der Waals surface area contributed by atoms with Gasteiger partial charge in [0.15, 0.2) is 29.5 Å². The van der Waals surface area contributed by atoms with Gasteiger partial charge in [0.2, 0.25) is 0 Å². The van der Waals surface area contributed by atoms with Crippen molar-refractivity contribution in [1.82, 2.24) is 29.7 Å². The number of fused-ring (bicyclic) bond motifs is 2. The fourth-order valence-corrected chi connectivity index (χ4v) is 4.62. The average Bonchev–Trinajstić information content (AvgIpc) is 3.58. The lowest BCUT2D eigenvalue weighted by molar-refractivity contribution is -0.141. The number of nitrogens with zero attached hydrogens (tertiary/aromatic N) is 5. The normalized spacial score (nSPS) is 24.8. The van der Waals surface area contributed by atoms with Crippen molar-refractivity contribution in [1.29, 1.82) is 0 Å². The molecule has 200 valence electrons. The second-order valence-corrected chi connectivity index (χ2v) is 9.03. The number of anilines is 1. The summed E-state index contributed by atoms with van der Waals surface area (Å²) < 4.78 is 20.6. The Labute approximate surface area is 218 Å². The molecule has 2 aliphatic heterocycles. The van der Waals surface area contributed by atoms with Crippen LogP contribution in [-0.2, 0) is 19.0 Å². The Morgan fingerprint density at radius 2 is 1.92 bits per heavy atom. The molecule has 38 heavy (non-hydrogen) atoms. The van der Waals surface area contributed by atoms with Crippen molar-refractivity contribution in [2.75, 3.05) is 32.0 Å². The summed E-state index contributed by atoms with van der Waals surface area (Å²) in [5.74, 6) is -0.672. The van der Waals surface area contributed by atoms with E-state index in [2.05, 4.69) is 25.6 Å². The summed E-state index contributed by atoms with van der Waals surface area (Å²) >= 11 is 0. The fourth-order valence-electron chi connectivity index (χ4n) is 4.62. The summed E-state index contributed by atoms with van der Waals surface area (Å²) in [6.45, 7) is 2.45. The number of rotatable bonds is 9. The van der Waals surface area contributed by atoms with E-state index in [0.717, 1.165) is 5.56 Å². The van der Waals surface area contributed by atoms with Gasteiger partial charge >= 0.3 is 12.0 Å². The fraction of sp³-hybridized carbons (Fsp3) is 0.400. The maximum atomic E-state index is 12.1. The van der Waals surface area contributed by atoms with Gasteiger partial charge in [0.1, 0.15) is 24.6 Å². The zero-order chi connectivity index (χ0) is 26.6. The van der Waals surface area contributed by atoms with Gasteiger partial charge in [-0.05, 0) is 25.6 Å². The number of benzene rings is 1. The first-order valence-electron chi connectivity index (χ1n) is 12.2. The number of aliphatic carboxylic acids is 1. The van der Waals surface area contributed by atoms with E-state index in [-0.39, 0.29) is 12.4 Å². The second kappa shape index (κ2) is 11.2. The highest BCUT2D eigenvalue weighted by atomic mass is 16.8. The molecule has 3 aromatic rings. The average molecular weight is 524 g/mol. The van der Waals surface area contributed by atoms with Gasteiger partial charge < -0.3 is 24.6 Å².